The van der Waals surface area contributed by atoms with Gasteiger partial charge in [-0.05, 0) is 37.6 Å². The molecule has 1 unspecified atom stereocenters. The highest BCUT2D eigenvalue weighted by Crippen LogP contribution is 2.33. The van der Waals surface area contributed by atoms with Gasteiger partial charge in [-0.3, -0.25) is 14.8 Å². The van der Waals surface area contributed by atoms with Crippen molar-refractivity contribution in [3.63, 3.8) is 0 Å². The van der Waals surface area contributed by atoms with E-state index in [1.54, 1.807) is 31.4 Å². The number of nitrogens with zero attached hydrogens (tertiary/aromatic N) is 4. The summed E-state index contributed by atoms with van der Waals surface area (Å²) in [6, 6.07) is 6.10. The fourth-order valence-electron chi connectivity index (χ4n) is 3.67. The van der Waals surface area contributed by atoms with Gasteiger partial charge < -0.3 is 9.32 Å². The second-order valence-electron chi connectivity index (χ2n) is 6.99. The molecular formula is C19H23N5O2. The monoisotopic (exact) mass is 353 g/mol. The quantitative estimate of drug-likeness (QED) is 0.780. The Labute approximate surface area is 152 Å². The van der Waals surface area contributed by atoms with E-state index in [9.17, 15) is 4.79 Å². The zero-order chi connectivity index (χ0) is 18.1. The van der Waals surface area contributed by atoms with Gasteiger partial charge in [0.15, 0.2) is 0 Å². The van der Waals surface area contributed by atoms with E-state index in [1.807, 2.05) is 18.2 Å². The van der Waals surface area contributed by atoms with Gasteiger partial charge in [-0.1, -0.05) is 6.42 Å². The second kappa shape index (κ2) is 6.92. The second-order valence-corrected chi connectivity index (χ2v) is 6.99. The third-order valence-corrected chi connectivity index (χ3v) is 4.96. The van der Waals surface area contributed by atoms with Crippen molar-refractivity contribution in [2.24, 2.45) is 0 Å². The standard InChI is InChI=1S/C19H23N5O2/c1-23(2)19(25)15-11-21-22-17(15)16-7-3-4-9-24(16)12-14-10-13-6-5-8-20-18(13)26-14/h5-6,8,10-11,16H,3-4,7,9,12H2,1-2H3,(H,21,22). The van der Waals surface area contributed by atoms with Crippen LogP contribution in [0.1, 0.15) is 47.1 Å². The number of nitrogens with one attached hydrogen (secondary N) is 1. The third-order valence-electron chi connectivity index (χ3n) is 4.96. The molecule has 26 heavy (non-hydrogen) atoms. The zero-order valence-corrected chi connectivity index (χ0v) is 15.1. The Bertz CT molecular complexity index is 880. The molecule has 1 amide bonds. The molecule has 0 spiro atoms. The minimum absolute atomic E-state index is 0.0211. The Morgan fingerprint density at radius 3 is 3.12 bits per heavy atom. The maximum absolute atomic E-state index is 12.5. The molecule has 1 saturated heterocycles. The summed E-state index contributed by atoms with van der Waals surface area (Å²) >= 11 is 0. The first-order chi connectivity index (χ1) is 12.6. The van der Waals surface area contributed by atoms with E-state index >= 15 is 0 Å². The summed E-state index contributed by atoms with van der Waals surface area (Å²) < 4.78 is 5.90. The molecular weight excluding hydrogens is 330 g/mol. The minimum Gasteiger partial charge on any atom is -0.441 e. The maximum Gasteiger partial charge on any atom is 0.256 e. The summed E-state index contributed by atoms with van der Waals surface area (Å²) in [7, 11) is 3.53. The molecule has 0 aliphatic carbocycles. The summed E-state index contributed by atoms with van der Waals surface area (Å²) in [6.07, 6.45) is 6.64. The molecule has 7 nitrogen and oxygen atoms in total. The number of carbonyl (C=O) groups is 1. The molecule has 1 atom stereocenters. The lowest BCUT2D eigenvalue weighted by Gasteiger charge is -2.35. The molecule has 7 heteroatoms. The molecule has 0 aromatic carbocycles. The first-order valence-corrected chi connectivity index (χ1v) is 8.96. The summed E-state index contributed by atoms with van der Waals surface area (Å²) in [5.74, 6) is 0.873. The Morgan fingerprint density at radius 2 is 2.31 bits per heavy atom. The molecule has 4 rings (SSSR count). The summed E-state index contributed by atoms with van der Waals surface area (Å²) in [5.41, 5.74) is 2.22. The number of hydrogen-bond acceptors (Lipinski definition) is 5. The minimum atomic E-state index is -0.0211. The smallest absolute Gasteiger partial charge is 0.256 e. The predicted octanol–water partition coefficient (Wildman–Crippen LogP) is 2.98. The topological polar surface area (TPSA) is 78.3 Å². The number of pyridine rings is 1. The average molecular weight is 353 g/mol. The number of aromatic amines is 1. The van der Waals surface area contributed by atoms with Gasteiger partial charge in [-0.25, -0.2) is 4.98 Å². The SMILES string of the molecule is CN(C)C(=O)c1cn[nH]c1C1CCCCN1Cc1cc2cccnc2o1. The fraction of sp³-hybridized carbons (Fsp3) is 0.421. The molecule has 1 fully saturated rings. The number of piperidine rings is 1. The van der Waals surface area contributed by atoms with Gasteiger partial charge in [0, 0.05) is 25.7 Å². The molecule has 3 aromatic rings. The lowest BCUT2D eigenvalue weighted by molar-refractivity contribution is 0.0817. The fourth-order valence-corrected chi connectivity index (χ4v) is 3.67. The van der Waals surface area contributed by atoms with Crippen molar-refractivity contribution in [2.75, 3.05) is 20.6 Å². The van der Waals surface area contributed by atoms with Gasteiger partial charge in [0.25, 0.3) is 5.91 Å². The van der Waals surface area contributed by atoms with Crippen LogP contribution < -0.4 is 0 Å². The van der Waals surface area contributed by atoms with Crippen LogP contribution in [0.3, 0.4) is 0 Å². The first kappa shape index (κ1) is 16.8. The van der Waals surface area contributed by atoms with Crippen LogP contribution in [0, 0.1) is 0 Å². The van der Waals surface area contributed by atoms with Gasteiger partial charge in [0.2, 0.25) is 5.71 Å². The van der Waals surface area contributed by atoms with Crippen LogP contribution in [-0.2, 0) is 6.54 Å². The van der Waals surface area contributed by atoms with Crippen molar-refractivity contribution in [3.05, 3.63) is 47.6 Å². The number of likely N-dealkylation sites (tertiary alicyclic amines) is 1. The van der Waals surface area contributed by atoms with Crippen LogP contribution >= 0.6 is 0 Å². The molecule has 1 aliphatic heterocycles. The molecule has 0 bridgehead atoms. The Balaban J connectivity index is 1.61. The predicted molar refractivity (Wildman–Crippen MR) is 97.6 cm³/mol. The van der Waals surface area contributed by atoms with Gasteiger partial charge in [-0.2, -0.15) is 5.10 Å². The summed E-state index contributed by atoms with van der Waals surface area (Å²) in [6.45, 7) is 1.65. The number of furan rings is 1. The molecule has 1 aliphatic rings. The highest BCUT2D eigenvalue weighted by molar-refractivity contribution is 5.94. The van der Waals surface area contributed by atoms with Gasteiger partial charge in [0.1, 0.15) is 5.76 Å². The van der Waals surface area contributed by atoms with Crippen molar-refractivity contribution >= 4 is 17.0 Å². The Kier molecular flexibility index (Phi) is 4.46. The van der Waals surface area contributed by atoms with E-state index in [2.05, 4.69) is 20.1 Å². The lowest BCUT2D eigenvalue weighted by atomic mass is 9.96. The number of rotatable bonds is 4. The van der Waals surface area contributed by atoms with E-state index < -0.39 is 0 Å². The van der Waals surface area contributed by atoms with Crippen LogP contribution in [0.25, 0.3) is 11.1 Å². The number of aromatic nitrogens is 3. The molecule has 3 aromatic heterocycles. The van der Waals surface area contributed by atoms with Crippen molar-refractivity contribution in [1.82, 2.24) is 25.0 Å². The number of hydrogen-bond donors (Lipinski definition) is 1. The van der Waals surface area contributed by atoms with E-state index in [4.69, 9.17) is 4.42 Å². The zero-order valence-electron chi connectivity index (χ0n) is 15.1. The Morgan fingerprint density at radius 1 is 1.42 bits per heavy atom. The van der Waals surface area contributed by atoms with E-state index in [1.165, 1.54) is 0 Å². The highest BCUT2D eigenvalue weighted by Gasteiger charge is 2.30. The van der Waals surface area contributed by atoms with Crippen molar-refractivity contribution in [1.29, 1.82) is 0 Å². The molecule has 0 saturated carbocycles. The summed E-state index contributed by atoms with van der Waals surface area (Å²) in [5, 5.41) is 8.23. The van der Waals surface area contributed by atoms with E-state index in [0.717, 1.165) is 42.6 Å². The molecule has 136 valence electrons. The number of H-pyrrole nitrogens is 1. The normalized spacial score (nSPS) is 18.3. The third kappa shape index (κ3) is 3.10. The van der Waals surface area contributed by atoms with Crippen molar-refractivity contribution in [2.45, 2.75) is 31.8 Å². The Hall–Kier alpha value is -2.67. The number of fused-ring (bicyclic) bond motifs is 1. The van der Waals surface area contributed by atoms with E-state index in [-0.39, 0.29) is 11.9 Å². The maximum atomic E-state index is 12.5. The summed E-state index contributed by atoms with van der Waals surface area (Å²) in [4.78, 5) is 20.7. The van der Waals surface area contributed by atoms with Crippen LogP contribution in [0.15, 0.2) is 35.0 Å². The lowest BCUT2D eigenvalue weighted by Crippen LogP contribution is -2.34. The molecule has 1 N–H and O–H groups in total. The number of amides is 1. The first-order valence-electron chi connectivity index (χ1n) is 8.96. The van der Waals surface area contributed by atoms with Crippen LogP contribution in [0.4, 0.5) is 0 Å². The average Bonchev–Trinajstić information content (AvgIpc) is 3.27. The van der Waals surface area contributed by atoms with E-state index in [0.29, 0.717) is 17.8 Å². The van der Waals surface area contributed by atoms with Crippen LogP contribution in [-0.4, -0.2) is 51.5 Å². The molecule has 4 heterocycles. The van der Waals surface area contributed by atoms with Gasteiger partial charge in [-0.15, -0.1) is 0 Å². The molecule has 0 radical (unpaired) electrons. The van der Waals surface area contributed by atoms with Crippen molar-refractivity contribution < 1.29 is 9.21 Å². The number of carbonyl (C=O) groups excluding carboxylic acids is 1. The van der Waals surface area contributed by atoms with Crippen molar-refractivity contribution in [3.8, 4) is 0 Å². The van der Waals surface area contributed by atoms with Gasteiger partial charge >= 0.3 is 0 Å². The van der Waals surface area contributed by atoms with Crippen LogP contribution in [0.2, 0.25) is 0 Å². The van der Waals surface area contributed by atoms with Gasteiger partial charge in [0.05, 0.1) is 30.0 Å². The van der Waals surface area contributed by atoms with Crippen LogP contribution in [0.5, 0.6) is 0 Å². The largest absolute Gasteiger partial charge is 0.441 e. The highest BCUT2D eigenvalue weighted by atomic mass is 16.3.